The molecule has 0 spiro atoms. The van der Waals surface area contributed by atoms with Gasteiger partial charge in [0.1, 0.15) is 5.75 Å². The molecule has 10 nitrogen and oxygen atoms in total. The Bertz CT molecular complexity index is 876. The third kappa shape index (κ3) is 8.60. The summed E-state index contributed by atoms with van der Waals surface area (Å²) in [4.78, 5) is 39.4. The molecule has 0 bridgehead atoms. The summed E-state index contributed by atoms with van der Waals surface area (Å²) in [6.07, 6.45) is 3.19. The minimum absolute atomic E-state index is 0.0268. The topological polar surface area (TPSA) is 141 Å². The highest BCUT2D eigenvalue weighted by Crippen LogP contribution is 2.17. The zero-order chi connectivity index (χ0) is 23.3. The monoisotopic (exact) mass is 444 g/mol. The van der Waals surface area contributed by atoms with Gasteiger partial charge >= 0.3 is 5.97 Å². The number of aromatic nitrogens is 1. The second-order valence-electron chi connectivity index (χ2n) is 6.93. The van der Waals surface area contributed by atoms with Crippen molar-refractivity contribution in [1.29, 1.82) is 0 Å². The highest BCUT2D eigenvalue weighted by atomic mass is 16.5. The molecule has 1 aromatic carbocycles. The van der Waals surface area contributed by atoms with E-state index < -0.39 is 18.0 Å². The van der Waals surface area contributed by atoms with Crippen molar-refractivity contribution in [2.75, 3.05) is 18.5 Å². The van der Waals surface area contributed by atoms with Crippen LogP contribution in [0, 0.1) is 0 Å². The molecule has 172 valence electrons. The van der Waals surface area contributed by atoms with Gasteiger partial charge in [-0.2, -0.15) is 0 Å². The van der Waals surface area contributed by atoms with Crippen LogP contribution in [0.15, 0.2) is 48.8 Å². The van der Waals surface area contributed by atoms with E-state index in [1.165, 1.54) is 0 Å². The lowest BCUT2D eigenvalue weighted by Crippen LogP contribution is -2.52. The normalized spacial score (nSPS) is 11.3. The summed E-state index contributed by atoms with van der Waals surface area (Å²) >= 11 is 0. The van der Waals surface area contributed by atoms with E-state index >= 15 is 0 Å². The van der Waals surface area contributed by atoms with Gasteiger partial charge in [-0.1, -0.05) is 6.07 Å². The largest absolute Gasteiger partial charge is 0.494 e. The molecule has 0 radical (unpaired) electrons. The Morgan fingerprint density at radius 2 is 1.91 bits per heavy atom. The second-order valence-corrected chi connectivity index (χ2v) is 6.93. The van der Waals surface area contributed by atoms with Crippen molar-refractivity contribution in [2.45, 2.75) is 38.8 Å². The van der Waals surface area contributed by atoms with Crippen LogP contribution < -0.4 is 15.4 Å². The number of nitrogens with one attached hydrogen (secondary N) is 2. The van der Waals surface area contributed by atoms with Crippen molar-refractivity contribution in [3.8, 4) is 5.75 Å². The lowest BCUT2D eigenvalue weighted by atomic mass is 10.1. The molecule has 4 N–H and O–H groups in total. The first-order valence-corrected chi connectivity index (χ1v) is 10.3. The van der Waals surface area contributed by atoms with Gasteiger partial charge in [-0.25, -0.2) is 5.06 Å². The average molecular weight is 444 g/mol. The van der Waals surface area contributed by atoms with Crippen molar-refractivity contribution in [2.24, 2.45) is 0 Å². The number of aliphatic carboxylic acids is 1. The summed E-state index contributed by atoms with van der Waals surface area (Å²) in [5, 5.41) is 24.5. The molecule has 0 aliphatic heterocycles. The van der Waals surface area contributed by atoms with Gasteiger partial charge in [0.25, 0.3) is 5.91 Å². The summed E-state index contributed by atoms with van der Waals surface area (Å²) in [6.45, 7) is 1.94. The SMILES string of the molecule is CCN(O)C(=O)C(NC(=O)CCc1cccnc1)Nc1ccc(OCCCC(=O)O)cc1. The Balaban J connectivity index is 1.95. The number of ether oxygens (including phenoxy) is 1. The third-order valence-electron chi connectivity index (χ3n) is 4.44. The van der Waals surface area contributed by atoms with Crippen LogP contribution in [0.3, 0.4) is 0 Å². The highest BCUT2D eigenvalue weighted by molar-refractivity contribution is 5.89. The van der Waals surface area contributed by atoms with Crippen LogP contribution in [0.5, 0.6) is 5.75 Å². The second kappa shape index (κ2) is 12.9. The number of benzene rings is 1. The smallest absolute Gasteiger partial charge is 0.303 e. The van der Waals surface area contributed by atoms with Crippen molar-refractivity contribution in [3.63, 3.8) is 0 Å². The zero-order valence-electron chi connectivity index (χ0n) is 17.9. The number of hydrogen-bond acceptors (Lipinski definition) is 7. The van der Waals surface area contributed by atoms with Gasteiger partial charge in [0, 0.05) is 37.5 Å². The number of carboxylic acid groups (broad SMARTS) is 1. The zero-order valence-corrected chi connectivity index (χ0v) is 17.9. The lowest BCUT2D eigenvalue weighted by molar-refractivity contribution is -0.166. The predicted octanol–water partition coefficient (Wildman–Crippen LogP) is 2.05. The molecule has 1 heterocycles. The Kier molecular flexibility index (Phi) is 9.92. The third-order valence-corrected chi connectivity index (χ3v) is 4.44. The molecular formula is C22H28N4O6. The fourth-order valence-corrected chi connectivity index (χ4v) is 2.73. The van der Waals surface area contributed by atoms with Crippen molar-refractivity contribution in [3.05, 3.63) is 54.4 Å². The number of nitrogens with zero attached hydrogens (tertiary/aromatic N) is 2. The maximum atomic E-state index is 12.5. The molecule has 2 amide bonds. The van der Waals surface area contributed by atoms with Crippen molar-refractivity contribution >= 4 is 23.5 Å². The van der Waals surface area contributed by atoms with E-state index in [9.17, 15) is 19.6 Å². The molecule has 1 aromatic heterocycles. The summed E-state index contributed by atoms with van der Waals surface area (Å²) in [5.74, 6) is -1.39. The molecule has 1 atom stereocenters. The fourth-order valence-electron chi connectivity index (χ4n) is 2.73. The molecule has 0 saturated carbocycles. The van der Waals surface area contributed by atoms with Crippen molar-refractivity contribution in [1.82, 2.24) is 15.4 Å². The summed E-state index contributed by atoms with van der Waals surface area (Å²) in [5.41, 5.74) is 1.42. The van der Waals surface area contributed by atoms with E-state index in [0.717, 1.165) is 5.56 Å². The summed E-state index contributed by atoms with van der Waals surface area (Å²) in [6, 6.07) is 10.3. The molecular weight excluding hydrogens is 416 g/mol. The molecule has 32 heavy (non-hydrogen) atoms. The minimum atomic E-state index is -1.16. The number of anilines is 1. The number of aryl methyl sites for hydroxylation is 1. The van der Waals surface area contributed by atoms with Crippen LogP contribution in [0.25, 0.3) is 0 Å². The molecule has 0 saturated heterocycles. The number of carboxylic acids is 1. The van der Waals surface area contributed by atoms with E-state index in [4.69, 9.17) is 9.84 Å². The minimum Gasteiger partial charge on any atom is -0.494 e. The van der Waals surface area contributed by atoms with Crippen molar-refractivity contribution < 1.29 is 29.4 Å². The number of likely N-dealkylation sites (N-methyl/N-ethyl adjacent to an activating group) is 1. The first-order chi connectivity index (χ1) is 15.4. The van der Waals surface area contributed by atoms with Gasteiger partial charge in [-0.15, -0.1) is 0 Å². The molecule has 0 aliphatic carbocycles. The molecule has 0 aliphatic rings. The van der Waals surface area contributed by atoms with Crippen LogP contribution in [-0.4, -0.2) is 57.5 Å². The maximum absolute atomic E-state index is 12.5. The van der Waals surface area contributed by atoms with Gasteiger partial charge < -0.3 is 20.5 Å². The molecule has 0 fully saturated rings. The molecule has 10 heteroatoms. The lowest BCUT2D eigenvalue weighted by Gasteiger charge is -2.24. The van der Waals surface area contributed by atoms with Crippen LogP contribution in [-0.2, 0) is 20.8 Å². The molecule has 2 rings (SSSR count). The van der Waals surface area contributed by atoms with E-state index in [-0.39, 0.29) is 31.9 Å². The number of carbonyl (C=O) groups excluding carboxylic acids is 2. The van der Waals surface area contributed by atoms with E-state index in [1.54, 1.807) is 49.6 Å². The summed E-state index contributed by atoms with van der Waals surface area (Å²) in [7, 11) is 0. The Morgan fingerprint density at radius 1 is 1.16 bits per heavy atom. The number of pyridine rings is 1. The predicted molar refractivity (Wildman–Crippen MR) is 116 cm³/mol. The number of rotatable bonds is 13. The standard InChI is InChI=1S/C22H28N4O6/c1-2-26(31)22(30)21(25-19(27)12-7-16-5-3-13-23-15-16)24-17-8-10-18(11-9-17)32-14-4-6-20(28)29/h3,5,8-11,13,15,21,24,31H,2,4,6-7,12,14H2,1H3,(H,25,27)(H,28,29). The maximum Gasteiger partial charge on any atom is 0.303 e. The van der Waals surface area contributed by atoms with Gasteiger partial charge in [0.15, 0.2) is 6.17 Å². The van der Waals surface area contributed by atoms with Gasteiger partial charge in [0.2, 0.25) is 5.91 Å². The van der Waals surface area contributed by atoms with E-state index in [0.29, 0.717) is 29.3 Å². The van der Waals surface area contributed by atoms with E-state index in [2.05, 4.69) is 15.6 Å². The van der Waals surface area contributed by atoms with Gasteiger partial charge in [-0.05, 0) is 55.7 Å². The highest BCUT2D eigenvalue weighted by Gasteiger charge is 2.24. The van der Waals surface area contributed by atoms with E-state index in [1.807, 2.05) is 6.07 Å². The van der Waals surface area contributed by atoms with Crippen LogP contribution in [0.4, 0.5) is 5.69 Å². The summed E-state index contributed by atoms with van der Waals surface area (Å²) < 4.78 is 5.48. The van der Waals surface area contributed by atoms with Gasteiger partial charge in [-0.3, -0.25) is 24.6 Å². The van der Waals surface area contributed by atoms with Gasteiger partial charge in [0.05, 0.1) is 6.61 Å². The first-order valence-electron chi connectivity index (χ1n) is 10.3. The van der Waals surface area contributed by atoms with Crippen LogP contribution >= 0.6 is 0 Å². The molecule has 1 unspecified atom stereocenters. The Labute approximate surface area is 186 Å². The quantitative estimate of drug-likeness (QED) is 0.159. The molecule has 2 aromatic rings. The Hall–Kier alpha value is -3.66. The number of hydroxylamine groups is 2. The number of carbonyl (C=O) groups is 3. The fraction of sp³-hybridized carbons (Fsp3) is 0.364. The number of amides is 2. The van der Waals surface area contributed by atoms with Crippen LogP contribution in [0.1, 0.15) is 31.7 Å². The average Bonchev–Trinajstić information content (AvgIpc) is 2.80. The first kappa shape index (κ1) is 24.6. The Morgan fingerprint density at radius 3 is 2.53 bits per heavy atom. The van der Waals surface area contributed by atoms with Crippen LogP contribution in [0.2, 0.25) is 0 Å². The number of hydrogen-bond donors (Lipinski definition) is 4.